The number of aromatic nitrogens is 2. The number of rotatable bonds is 0. The molecule has 0 N–H and O–H groups in total. The summed E-state index contributed by atoms with van der Waals surface area (Å²) in [4.78, 5) is 8.49. The average molecular weight is 193 g/mol. The second-order valence-electron chi connectivity index (χ2n) is 3.01. The first-order chi connectivity index (χ1) is 6.20. The minimum Gasteiger partial charge on any atom is -0.237 e. The van der Waals surface area contributed by atoms with Gasteiger partial charge in [-0.1, -0.05) is 11.6 Å². The van der Waals surface area contributed by atoms with Crippen molar-refractivity contribution in [1.29, 1.82) is 0 Å². The molecule has 2 heterocycles. The van der Waals surface area contributed by atoms with Crippen LogP contribution in [-0.4, -0.2) is 9.97 Å². The molecule has 2 aromatic rings. The van der Waals surface area contributed by atoms with Crippen LogP contribution in [0, 0.1) is 13.8 Å². The summed E-state index contributed by atoms with van der Waals surface area (Å²) in [7, 11) is 0. The Morgan fingerprint density at radius 3 is 2.85 bits per heavy atom. The summed E-state index contributed by atoms with van der Waals surface area (Å²) >= 11 is 6.15. The van der Waals surface area contributed by atoms with Crippen molar-refractivity contribution in [3.63, 3.8) is 0 Å². The molecule has 0 aliphatic carbocycles. The van der Waals surface area contributed by atoms with Crippen molar-refractivity contribution in [2.24, 2.45) is 0 Å². The van der Waals surface area contributed by atoms with Crippen LogP contribution in [0.3, 0.4) is 0 Å². The van der Waals surface area contributed by atoms with Crippen molar-refractivity contribution in [3.8, 4) is 0 Å². The van der Waals surface area contributed by atoms with Crippen molar-refractivity contribution >= 4 is 22.6 Å². The predicted octanol–water partition coefficient (Wildman–Crippen LogP) is 2.90. The molecule has 0 atom stereocenters. The second kappa shape index (κ2) is 2.96. The first-order valence-electron chi connectivity index (χ1n) is 4.07. The van der Waals surface area contributed by atoms with E-state index in [1.54, 1.807) is 6.20 Å². The van der Waals surface area contributed by atoms with Crippen molar-refractivity contribution in [2.75, 3.05) is 0 Å². The monoisotopic (exact) mass is 192 g/mol. The minimum atomic E-state index is 0.718. The Balaban J connectivity index is 2.94. The van der Waals surface area contributed by atoms with Crippen LogP contribution in [0.5, 0.6) is 0 Å². The van der Waals surface area contributed by atoms with E-state index in [-0.39, 0.29) is 0 Å². The summed E-state index contributed by atoms with van der Waals surface area (Å²) < 4.78 is 0. The fourth-order valence-electron chi connectivity index (χ4n) is 1.26. The normalized spacial score (nSPS) is 10.7. The van der Waals surface area contributed by atoms with Crippen LogP contribution in [0.25, 0.3) is 11.0 Å². The summed E-state index contributed by atoms with van der Waals surface area (Å²) in [6, 6.07) is 3.80. The van der Waals surface area contributed by atoms with Gasteiger partial charge < -0.3 is 0 Å². The van der Waals surface area contributed by atoms with E-state index >= 15 is 0 Å². The molecule has 0 bridgehead atoms. The Labute approximate surface area is 81.6 Å². The fourth-order valence-corrected chi connectivity index (χ4v) is 1.55. The van der Waals surface area contributed by atoms with E-state index in [0.29, 0.717) is 0 Å². The third-order valence-electron chi connectivity index (χ3n) is 2.17. The van der Waals surface area contributed by atoms with Gasteiger partial charge in [-0.2, -0.15) is 0 Å². The quantitative estimate of drug-likeness (QED) is 0.642. The van der Waals surface area contributed by atoms with Crippen LogP contribution < -0.4 is 0 Å². The fraction of sp³-hybridized carbons (Fsp3) is 0.200. The molecule has 2 nitrogen and oxygen atoms in total. The molecule has 3 heteroatoms. The number of hydrogen-bond acceptors (Lipinski definition) is 2. The maximum Gasteiger partial charge on any atom is 0.160 e. The third-order valence-corrected chi connectivity index (χ3v) is 2.66. The highest BCUT2D eigenvalue weighted by molar-refractivity contribution is 6.36. The van der Waals surface area contributed by atoms with Crippen LogP contribution >= 0.6 is 11.6 Å². The van der Waals surface area contributed by atoms with Crippen LogP contribution in [0.2, 0.25) is 5.02 Å². The highest BCUT2D eigenvalue weighted by Crippen LogP contribution is 2.25. The van der Waals surface area contributed by atoms with Gasteiger partial charge in [0.2, 0.25) is 0 Å². The molecular weight excluding hydrogens is 184 g/mol. The largest absolute Gasteiger partial charge is 0.237 e. The maximum absolute atomic E-state index is 6.15. The van der Waals surface area contributed by atoms with E-state index in [4.69, 9.17) is 11.6 Å². The van der Waals surface area contributed by atoms with E-state index in [2.05, 4.69) is 9.97 Å². The van der Waals surface area contributed by atoms with E-state index in [1.807, 2.05) is 26.0 Å². The highest BCUT2D eigenvalue weighted by Gasteiger charge is 2.06. The number of halogens is 1. The Kier molecular flexibility index (Phi) is 1.93. The summed E-state index contributed by atoms with van der Waals surface area (Å²) in [6.07, 6.45) is 1.72. The summed E-state index contributed by atoms with van der Waals surface area (Å²) in [5.74, 6) is 0. The molecule has 0 aliphatic rings. The zero-order valence-corrected chi connectivity index (χ0v) is 8.26. The van der Waals surface area contributed by atoms with Crippen molar-refractivity contribution < 1.29 is 0 Å². The van der Waals surface area contributed by atoms with E-state index in [0.717, 1.165) is 27.3 Å². The number of nitrogens with zero attached hydrogens (tertiary/aromatic N) is 2. The molecule has 0 aromatic carbocycles. The first kappa shape index (κ1) is 8.45. The Hall–Kier alpha value is -1.15. The predicted molar refractivity (Wildman–Crippen MR) is 54.0 cm³/mol. The standard InChI is InChI=1S/C10H9ClN2/c1-6-7(2)13-10-8(9(6)11)4-3-5-12-10/h3-5H,1-2H3. The summed E-state index contributed by atoms with van der Waals surface area (Å²) in [5, 5.41) is 1.68. The number of pyridine rings is 2. The maximum atomic E-state index is 6.15. The molecule has 0 unspecified atom stereocenters. The molecule has 0 saturated carbocycles. The van der Waals surface area contributed by atoms with Crippen molar-refractivity contribution in [3.05, 3.63) is 34.6 Å². The van der Waals surface area contributed by atoms with Crippen molar-refractivity contribution in [1.82, 2.24) is 9.97 Å². The molecule has 2 aromatic heterocycles. The van der Waals surface area contributed by atoms with Gasteiger partial charge in [-0.25, -0.2) is 9.97 Å². The molecule has 0 aliphatic heterocycles. The van der Waals surface area contributed by atoms with E-state index < -0.39 is 0 Å². The zero-order chi connectivity index (χ0) is 9.42. The number of hydrogen-bond donors (Lipinski definition) is 0. The molecule has 0 spiro atoms. The van der Waals surface area contributed by atoms with Gasteiger partial charge in [0.1, 0.15) is 0 Å². The van der Waals surface area contributed by atoms with Gasteiger partial charge in [-0.3, -0.25) is 0 Å². The minimum absolute atomic E-state index is 0.718. The molecule has 2 rings (SSSR count). The number of fused-ring (bicyclic) bond motifs is 1. The van der Waals surface area contributed by atoms with Gasteiger partial charge in [0.25, 0.3) is 0 Å². The topological polar surface area (TPSA) is 25.8 Å². The van der Waals surface area contributed by atoms with Crippen LogP contribution in [0.15, 0.2) is 18.3 Å². The molecule has 0 amide bonds. The lowest BCUT2D eigenvalue weighted by atomic mass is 10.2. The number of aryl methyl sites for hydroxylation is 1. The lowest BCUT2D eigenvalue weighted by Gasteiger charge is -2.04. The van der Waals surface area contributed by atoms with Crippen LogP contribution in [0.4, 0.5) is 0 Å². The Morgan fingerprint density at radius 2 is 2.08 bits per heavy atom. The second-order valence-corrected chi connectivity index (χ2v) is 3.39. The van der Waals surface area contributed by atoms with Crippen molar-refractivity contribution in [2.45, 2.75) is 13.8 Å². The van der Waals surface area contributed by atoms with Gasteiger partial charge in [0, 0.05) is 17.3 Å². The Bertz CT molecular complexity index is 466. The SMILES string of the molecule is Cc1nc2ncccc2c(Cl)c1C. The van der Waals surface area contributed by atoms with Crippen LogP contribution in [-0.2, 0) is 0 Å². The molecule has 13 heavy (non-hydrogen) atoms. The van der Waals surface area contributed by atoms with Gasteiger partial charge in [-0.15, -0.1) is 0 Å². The van der Waals surface area contributed by atoms with Gasteiger partial charge in [0.05, 0.1) is 5.02 Å². The van der Waals surface area contributed by atoms with E-state index in [1.165, 1.54) is 0 Å². The van der Waals surface area contributed by atoms with Crippen LogP contribution in [0.1, 0.15) is 11.3 Å². The van der Waals surface area contributed by atoms with Gasteiger partial charge >= 0.3 is 0 Å². The first-order valence-corrected chi connectivity index (χ1v) is 4.45. The molecule has 0 saturated heterocycles. The molecule has 0 radical (unpaired) electrons. The molecule has 0 fully saturated rings. The summed E-state index contributed by atoms with van der Waals surface area (Å²) in [5.41, 5.74) is 2.69. The summed E-state index contributed by atoms with van der Waals surface area (Å²) in [6.45, 7) is 3.91. The molecule has 66 valence electrons. The van der Waals surface area contributed by atoms with Gasteiger partial charge in [-0.05, 0) is 31.5 Å². The molecular formula is C10H9ClN2. The lowest BCUT2D eigenvalue weighted by Crippen LogP contribution is -1.92. The zero-order valence-electron chi connectivity index (χ0n) is 7.50. The highest BCUT2D eigenvalue weighted by atomic mass is 35.5. The smallest absolute Gasteiger partial charge is 0.160 e. The Morgan fingerprint density at radius 1 is 1.31 bits per heavy atom. The third kappa shape index (κ3) is 1.27. The lowest BCUT2D eigenvalue weighted by molar-refractivity contribution is 1.16. The average Bonchev–Trinajstić information content (AvgIpc) is 2.15. The van der Waals surface area contributed by atoms with E-state index in [9.17, 15) is 0 Å². The van der Waals surface area contributed by atoms with Gasteiger partial charge in [0.15, 0.2) is 5.65 Å².